The zero-order valence-electron chi connectivity index (χ0n) is 11.8. The van der Waals surface area contributed by atoms with Crippen LogP contribution in [0.4, 0.5) is 5.69 Å². The van der Waals surface area contributed by atoms with Gasteiger partial charge in [-0.15, -0.1) is 0 Å². The molecule has 1 saturated heterocycles. The maximum absolute atomic E-state index is 4.59. The summed E-state index contributed by atoms with van der Waals surface area (Å²) in [4.78, 5) is 7.04. The van der Waals surface area contributed by atoms with E-state index in [1.807, 2.05) is 6.20 Å². The van der Waals surface area contributed by atoms with E-state index < -0.39 is 0 Å². The Labute approximate surface area is 111 Å². The lowest BCUT2D eigenvalue weighted by Crippen LogP contribution is -2.32. The standard InChI is InChI=1S/C15H25N3/c1-4-16-13(3)15-6-5-14(11-17-15)18-9-7-12(2)8-10-18/h5-6,11-13,16H,4,7-10H2,1-3H3. The minimum absolute atomic E-state index is 0.338. The monoisotopic (exact) mass is 247 g/mol. The first-order chi connectivity index (χ1) is 8.70. The van der Waals surface area contributed by atoms with Gasteiger partial charge in [-0.25, -0.2) is 0 Å². The first-order valence-electron chi connectivity index (χ1n) is 7.15. The Kier molecular flexibility index (Phi) is 4.59. The van der Waals surface area contributed by atoms with Gasteiger partial charge in [-0.2, -0.15) is 0 Å². The molecule has 1 aromatic rings. The summed E-state index contributed by atoms with van der Waals surface area (Å²) >= 11 is 0. The predicted octanol–water partition coefficient (Wildman–Crippen LogP) is 2.99. The van der Waals surface area contributed by atoms with Crippen molar-refractivity contribution < 1.29 is 0 Å². The van der Waals surface area contributed by atoms with Crippen molar-refractivity contribution in [2.75, 3.05) is 24.5 Å². The lowest BCUT2D eigenvalue weighted by Gasteiger charge is -2.32. The lowest BCUT2D eigenvalue weighted by atomic mass is 9.99. The molecule has 0 aromatic carbocycles. The molecular weight excluding hydrogens is 222 g/mol. The van der Waals surface area contributed by atoms with E-state index in [1.165, 1.54) is 31.6 Å². The molecule has 1 unspecified atom stereocenters. The van der Waals surface area contributed by atoms with Gasteiger partial charge in [-0.3, -0.25) is 4.98 Å². The van der Waals surface area contributed by atoms with Crippen LogP contribution >= 0.6 is 0 Å². The molecule has 100 valence electrons. The summed E-state index contributed by atoms with van der Waals surface area (Å²) < 4.78 is 0. The first-order valence-corrected chi connectivity index (χ1v) is 7.15. The highest BCUT2D eigenvalue weighted by Gasteiger charge is 2.16. The van der Waals surface area contributed by atoms with Crippen LogP contribution in [0.25, 0.3) is 0 Å². The molecule has 0 amide bonds. The Hall–Kier alpha value is -1.09. The van der Waals surface area contributed by atoms with E-state index in [2.05, 4.69) is 48.1 Å². The highest BCUT2D eigenvalue weighted by molar-refractivity contribution is 5.45. The average molecular weight is 247 g/mol. The second-order valence-electron chi connectivity index (χ2n) is 5.39. The number of pyridine rings is 1. The van der Waals surface area contributed by atoms with Crippen molar-refractivity contribution in [1.82, 2.24) is 10.3 Å². The summed E-state index contributed by atoms with van der Waals surface area (Å²) in [6, 6.07) is 4.71. The maximum atomic E-state index is 4.59. The van der Waals surface area contributed by atoms with E-state index in [-0.39, 0.29) is 0 Å². The van der Waals surface area contributed by atoms with Crippen LogP contribution in [0.1, 0.15) is 45.3 Å². The molecule has 2 rings (SSSR count). The fourth-order valence-electron chi connectivity index (χ4n) is 2.52. The molecule has 3 heteroatoms. The second-order valence-corrected chi connectivity index (χ2v) is 5.39. The molecule has 1 N–H and O–H groups in total. The van der Waals surface area contributed by atoms with E-state index in [1.54, 1.807) is 0 Å². The molecule has 0 saturated carbocycles. The molecule has 1 aromatic heterocycles. The molecular formula is C15H25N3. The minimum atomic E-state index is 0.338. The number of hydrogen-bond acceptors (Lipinski definition) is 3. The van der Waals surface area contributed by atoms with E-state index >= 15 is 0 Å². The van der Waals surface area contributed by atoms with Gasteiger partial charge in [-0.05, 0) is 44.4 Å². The zero-order valence-corrected chi connectivity index (χ0v) is 11.8. The summed E-state index contributed by atoms with van der Waals surface area (Å²) in [5.41, 5.74) is 2.40. The van der Waals surface area contributed by atoms with Crippen molar-refractivity contribution in [3.05, 3.63) is 24.0 Å². The molecule has 3 nitrogen and oxygen atoms in total. The zero-order chi connectivity index (χ0) is 13.0. The van der Waals surface area contributed by atoms with Gasteiger partial charge in [0.1, 0.15) is 0 Å². The van der Waals surface area contributed by atoms with Gasteiger partial charge in [0.05, 0.1) is 17.6 Å². The molecule has 1 atom stereocenters. The van der Waals surface area contributed by atoms with Crippen LogP contribution in [0.3, 0.4) is 0 Å². The van der Waals surface area contributed by atoms with Crippen LogP contribution in [0.15, 0.2) is 18.3 Å². The molecule has 0 aliphatic carbocycles. The summed E-state index contributed by atoms with van der Waals surface area (Å²) in [6.45, 7) is 9.95. The number of hydrogen-bond donors (Lipinski definition) is 1. The van der Waals surface area contributed by atoms with Gasteiger partial charge in [0, 0.05) is 19.1 Å². The van der Waals surface area contributed by atoms with E-state index in [4.69, 9.17) is 0 Å². The van der Waals surface area contributed by atoms with Gasteiger partial charge < -0.3 is 10.2 Å². The lowest BCUT2D eigenvalue weighted by molar-refractivity contribution is 0.438. The molecule has 0 spiro atoms. The van der Waals surface area contributed by atoms with Gasteiger partial charge in [0.2, 0.25) is 0 Å². The summed E-state index contributed by atoms with van der Waals surface area (Å²) in [5.74, 6) is 0.877. The summed E-state index contributed by atoms with van der Waals surface area (Å²) in [6.07, 6.45) is 4.63. The normalized spacial score (nSPS) is 18.9. The van der Waals surface area contributed by atoms with Gasteiger partial charge in [-0.1, -0.05) is 13.8 Å². The number of nitrogens with zero attached hydrogens (tertiary/aromatic N) is 2. The number of aromatic nitrogens is 1. The van der Waals surface area contributed by atoms with E-state index in [0.29, 0.717) is 6.04 Å². The van der Waals surface area contributed by atoms with Gasteiger partial charge in [0.15, 0.2) is 0 Å². The third-order valence-electron chi connectivity index (χ3n) is 3.87. The van der Waals surface area contributed by atoms with Crippen molar-refractivity contribution >= 4 is 5.69 Å². The number of piperidine rings is 1. The summed E-state index contributed by atoms with van der Waals surface area (Å²) in [5, 5.41) is 3.39. The molecule has 2 heterocycles. The number of rotatable bonds is 4. The Balaban J connectivity index is 1.99. The van der Waals surface area contributed by atoms with Crippen molar-refractivity contribution in [2.24, 2.45) is 5.92 Å². The maximum Gasteiger partial charge on any atom is 0.0572 e. The van der Waals surface area contributed by atoms with E-state index in [0.717, 1.165) is 18.2 Å². The Morgan fingerprint density at radius 1 is 1.39 bits per heavy atom. The fraction of sp³-hybridized carbons (Fsp3) is 0.667. The largest absolute Gasteiger partial charge is 0.370 e. The first kappa shape index (κ1) is 13.3. The second kappa shape index (κ2) is 6.19. The SMILES string of the molecule is CCNC(C)c1ccc(N2CCC(C)CC2)cn1. The number of anilines is 1. The van der Waals surface area contributed by atoms with Crippen LogP contribution in [0, 0.1) is 5.92 Å². The number of nitrogens with one attached hydrogen (secondary N) is 1. The minimum Gasteiger partial charge on any atom is -0.370 e. The van der Waals surface area contributed by atoms with E-state index in [9.17, 15) is 0 Å². The Morgan fingerprint density at radius 3 is 2.67 bits per heavy atom. The van der Waals surface area contributed by atoms with Crippen LogP contribution in [-0.4, -0.2) is 24.6 Å². The molecule has 1 aliphatic rings. The third-order valence-corrected chi connectivity index (χ3v) is 3.87. The third kappa shape index (κ3) is 3.22. The Morgan fingerprint density at radius 2 is 2.11 bits per heavy atom. The van der Waals surface area contributed by atoms with Gasteiger partial charge >= 0.3 is 0 Å². The van der Waals surface area contributed by atoms with Crippen molar-refractivity contribution in [3.8, 4) is 0 Å². The van der Waals surface area contributed by atoms with Crippen LogP contribution in [0.5, 0.6) is 0 Å². The highest BCUT2D eigenvalue weighted by atomic mass is 15.1. The fourth-order valence-corrected chi connectivity index (χ4v) is 2.52. The Bertz CT molecular complexity index is 353. The average Bonchev–Trinajstić information content (AvgIpc) is 2.40. The van der Waals surface area contributed by atoms with Crippen molar-refractivity contribution in [3.63, 3.8) is 0 Å². The molecule has 0 radical (unpaired) electrons. The van der Waals surface area contributed by atoms with Crippen LogP contribution in [-0.2, 0) is 0 Å². The van der Waals surface area contributed by atoms with Crippen LogP contribution < -0.4 is 10.2 Å². The topological polar surface area (TPSA) is 28.2 Å². The molecule has 0 bridgehead atoms. The van der Waals surface area contributed by atoms with Crippen molar-refractivity contribution in [1.29, 1.82) is 0 Å². The van der Waals surface area contributed by atoms with Crippen molar-refractivity contribution in [2.45, 2.75) is 39.7 Å². The summed E-state index contributed by atoms with van der Waals surface area (Å²) in [7, 11) is 0. The molecule has 18 heavy (non-hydrogen) atoms. The quantitative estimate of drug-likeness (QED) is 0.886. The van der Waals surface area contributed by atoms with Crippen LogP contribution in [0.2, 0.25) is 0 Å². The van der Waals surface area contributed by atoms with Gasteiger partial charge in [0.25, 0.3) is 0 Å². The molecule has 1 aliphatic heterocycles. The smallest absolute Gasteiger partial charge is 0.0572 e. The highest BCUT2D eigenvalue weighted by Crippen LogP contribution is 2.23. The molecule has 1 fully saturated rings. The predicted molar refractivity (Wildman–Crippen MR) is 76.9 cm³/mol.